The molecule has 0 radical (unpaired) electrons. The van der Waals surface area contributed by atoms with E-state index in [4.69, 9.17) is 9.84 Å². The number of methoxy groups -OCH3 is 1. The van der Waals surface area contributed by atoms with Gasteiger partial charge in [-0.2, -0.15) is 0 Å². The normalized spacial score (nSPS) is 11.3. The summed E-state index contributed by atoms with van der Waals surface area (Å²) in [5.41, 5.74) is 0. The summed E-state index contributed by atoms with van der Waals surface area (Å²) < 4.78 is 27.1. The van der Waals surface area contributed by atoms with Crippen LogP contribution < -0.4 is 5.32 Å². The molecule has 0 rings (SSSR count). The van der Waals surface area contributed by atoms with Crippen LogP contribution in [-0.4, -0.2) is 57.8 Å². The molecule has 0 aromatic heterocycles. The Morgan fingerprint density at radius 1 is 1.47 bits per heavy atom. The molecule has 0 saturated carbocycles. The third-order valence-electron chi connectivity index (χ3n) is 1.59. The van der Waals surface area contributed by atoms with Gasteiger partial charge in [-0.05, 0) is 6.42 Å². The standard InChI is InChI=1S/C8H17NO5S/c1-14-5-3-9-8(11)7-15(12,13)6-2-4-10/h10H,2-7H2,1H3,(H,9,11). The lowest BCUT2D eigenvalue weighted by Crippen LogP contribution is -2.33. The van der Waals surface area contributed by atoms with E-state index in [1.807, 2.05) is 0 Å². The lowest BCUT2D eigenvalue weighted by Gasteiger charge is -2.05. The van der Waals surface area contributed by atoms with Crippen molar-refractivity contribution >= 4 is 15.7 Å². The number of rotatable bonds is 8. The van der Waals surface area contributed by atoms with Crippen molar-refractivity contribution in [1.29, 1.82) is 0 Å². The fourth-order valence-corrected chi connectivity index (χ4v) is 2.11. The fraction of sp³-hybridized carbons (Fsp3) is 0.875. The number of hydrogen-bond donors (Lipinski definition) is 2. The van der Waals surface area contributed by atoms with Gasteiger partial charge in [0.05, 0.1) is 12.4 Å². The Kier molecular flexibility index (Phi) is 7.27. The highest BCUT2D eigenvalue weighted by Gasteiger charge is 2.15. The van der Waals surface area contributed by atoms with Gasteiger partial charge in [0.25, 0.3) is 0 Å². The van der Waals surface area contributed by atoms with Crippen molar-refractivity contribution in [2.24, 2.45) is 0 Å². The number of aliphatic hydroxyl groups is 1. The summed E-state index contributed by atoms with van der Waals surface area (Å²) in [6.45, 7) is 0.456. The molecule has 0 unspecified atom stereocenters. The van der Waals surface area contributed by atoms with Crippen molar-refractivity contribution < 1.29 is 23.1 Å². The molecule has 0 aliphatic heterocycles. The SMILES string of the molecule is COCCNC(=O)CS(=O)(=O)CCCO. The van der Waals surface area contributed by atoms with E-state index in [-0.39, 0.29) is 18.8 Å². The molecule has 0 spiro atoms. The second-order valence-corrected chi connectivity index (χ2v) is 5.20. The molecule has 1 amide bonds. The summed E-state index contributed by atoms with van der Waals surface area (Å²) in [5, 5.41) is 10.9. The maximum absolute atomic E-state index is 11.2. The maximum Gasteiger partial charge on any atom is 0.235 e. The summed E-state index contributed by atoms with van der Waals surface area (Å²) in [5.74, 6) is -1.23. The van der Waals surface area contributed by atoms with Crippen LogP contribution in [0.15, 0.2) is 0 Å². The van der Waals surface area contributed by atoms with Crippen molar-refractivity contribution in [1.82, 2.24) is 5.32 Å². The Balaban J connectivity index is 3.84. The molecule has 7 heteroatoms. The molecule has 2 N–H and O–H groups in total. The largest absolute Gasteiger partial charge is 0.396 e. The summed E-state index contributed by atoms with van der Waals surface area (Å²) >= 11 is 0. The Labute approximate surface area is 89.5 Å². The highest BCUT2D eigenvalue weighted by molar-refractivity contribution is 7.92. The van der Waals surface area contributed by atoms with Gasteiger partial charge >= 0.3 is 0 Å². The van der Waals surface area contributed by atoms with Crippen molar-refractivity contribution in [3.8, 4) is 0 Å². The predicted molar refractivity (Wildman–Crippen MR) is 55.2 cm³/mol. The molecule has 0 aromatic carbocycles. The van der Waals surface area contributed by atoms with Crippen molar-refractivity contribution in [2.75, 3.05) is 38.4 Å². The Morgan fingerprint density at radius 3 is 2.67 bits per heavy atom. The van der Waals surface area contributed by atoms with Crippen LogP contribution >= 0.6 is 0 Å². The van der Waals surface area contributed by atoms with Crippen molar-refractivity contribution in [3.05, 3.63) is 0 Å². The van der Waals surface area contributed by atoms with Gasteiger partial charge in [0.15, 0.2) is 9.84 Å². The quantitative estimate of drug-likeness (QED) is 0.505. The molecule has 15 heavy (non-hydrogen) atoms. The number of nitrogens with one attached hydrogen (secondary N) is 1. The second kappa shape index (κ2) is 7.61. The van der Waals surface area contributed by atoms with Gasteiger partial charge in [-0.1, -0.05) is 0 Å². The average molecular weight is 239 g/mol. The monoisotopic (exact) mass is 239 g/mol. The Bertz CT molecular complexity index is 275. The summed E-state index contributed by atoms with van der Waals surface area (Å²) in [7, 11) is -1.90. The van der Waals surface area contributed by atoms with Crippen LogP contribution in [0.5, 0.6) is 0 Å². The Morgan fingerprint density at radius 2 is 2.13 bits per heavy atom. The molecule has 0 heterocycles. The Hall–Kier alpha value is -0.660. The smallest absolute Gasteiger partial charge is 0.235 e. The fourth-order valence-electron chi connectivity index (χ4n) is 0.900. The first-order valence-electron chi connectivity index (χ1n) is 4.59. The number of carbonyl (C=O) groups is 1. The maximum atomic E-state index is 11.2. The summed E-state index contributed by atoms with van der Waals surface area (Å²) in [6, 6.07) is 0. The zero-order valence-electron chi connectivity index (χ0n) is 8.73. The first-order valence-corrected chi connectivity index (χ1v) is 6.41. The zero-order chi connectivity index (χ0) is 11.7. The van der Waals surface area contributed by atoms with Crippen LogP contribution in [0.25, 0.3) is 0 Å². The third kappa shape index (κ3) is 8.34. The van der Waals surface area contributed by atoms with E-state index >= 15 is 0 Å². The van der Waals surface area contributed by atoms with Crippen LogP contribution in [0, 0.1) is 0 Å². The van der Waals surface area contributed by atoms with Gasteiger partial charge in [0.2, 0.25) is 5.91 Å². The second-order valence-electron chi connectivity index (χ2n) is 3.01. The lowest BCUT2D eigenvalue weighted by atomic mass is 10.5. The van der Waals surface area contributed by atoms with Gasteiger partial charge in [0.1, 0.15) is 5.75 Å². The topological polar surface area (TPSA) is 92.7 Å². The van der Waals surface area contributed by atoms with E-state index in [9.17, 15) is 13.2 Å². The van der Waals surface area contributed by atoms with Gasteiger partial charge in [0, 0.05) is 20.3 Å². The average Bonchev–Trinajstić information content (AvgIpc) is 2.14. The molecule has 6 nitrogen and oxygen atoms in total. The molecular weight excluding hydrogens is 222 g/mol. The highest BCUT2D eigenvalue weighted by Crippen LogP contribution is 1.93. The predicted octanol–water partition coefficient (Wildman–Crippen LogP) is -1.45. The van der Waals surface area contributed by atoms with Crippen LogP contribution in [0.2, 0.25) is 0 Å². The van der Waals surface area contributed by atoms with E-state index in [1.165, 1.54) is 7.11 Å². The summed E-state index contributed by atoms with van der Waals surface area (Å²) in [4.78, 5) is 11.1. The van der Waals surface area contributed by atoms with Gasteiger partial charge < -0.3 is 15.2 Å². The minimum Gasteiger partial charge on any atom is -0.396 e. The number of ether oxygens (including phenoxy) is 1. The molecule has 0 aliphatic carbocycles. The van der Waals surface area contributed by atoms with E-state index in [1.54, 1.807) is 0 Å². The first-order chi connectivity index (χ1) is 7.02. The summed E-state index contributed by atoms with van der Waals surface area (Å²) in [6.07, 6.45) is 0.160. The highest BCUT2D eigenvalue weighted by atomic mass is 32.2. The minimum atomic E-state index is -3.39. The number of aliphatic hydroxyl groups excluding tert-OH is 1. The van der Waals surface area contributed by atoms with E-state index in [0.717, 1.165) is 0 Å². The zero-order valence-corrected chi connectivity index (χ0v) is 9.55. The van der Waals surface area contributed by atoms with Crippen LogP contribution in [0.1, 0.15) is 6.42 Å². The molecule has 0 bridgehead atoms. The van der Waals surface area contributed by atoms with Crippen LogP contribution in [-0.2, 0) is 19.4 Å². The molecule has 0 fully saturated rings. The number of amides is 1. The minimum absolute atomic E-state index is 0.160. The number of carbonyl (C=O) groups excluding carboxylic acids is 1. The number of sulfone groups is 1. The van der Waals surface area contributed by atoms with Gasteiger partial charge in [-0.25, -0.2) is 8.42 Å². The number of hydrogen-bond acceptors (Lipinski definition) is 5. The van der Waals surface area contributed by atoms with Crippen molar-refractivity contribution in [2.45, 2.75) is 6.42 Å². The molecule has 0 aliphatic rings. The molecule has 0 atom stereocenters. The van der Waals surface area contributed by atoms with Crippen LogP contribution in [0.4, 0.5) is 0 Å². The lowest BCUT2D eigenvalue weighted by molar-refractivity contribution is -0.118. The molecule has 0 saturated heterocycles. The van der Waals surface area contributed by atoms with E-state index in [2.05, 4.69) is 5.32 Å². The van der Waals surface area contributed by atoms with Crippen LogP contribution in [0.3, 0.4) is 0 Å². The third-order valence-corrected chi connectivity index (χ3v) is 3.21. The van der Waals surface area contributed by atoms with E-state index in [0.29, 0.717) is 13.2 Å². The van der Waals surface area contributed by atoms with E-state index < -0.39 is 21.5 Å². The van der Waals surface area contributed by atoms with Crippen molar-refractivity contribution in [3.63, 3.8) is 0 Å². The van der Waals surface area contributed by atoms with Gasteiger partial charge in [-0.3, -0.25) is 4.79 Å². The first kappa shape index (κ1) is 14.3. The van der Waals surface area contributed by atoms with Gasteiger partial charge in [-0.15, -0.1) is 0 Å². The molecule has 0 aromatic rings. The molecule has 90 valence electrons. The molecular formula is C8H17NO5S.